The van der Waals surface area contributed by atoms with E-state index in [1.54, 1.807) is 0 Å². The Morgan fingerprint density at radius 2 is 1.46 bits per heavy atom. The van der Waals surface area contributed by atoms with Gasteiger partial charge in [-0.15, -0.1) is 0 Å². The number of hydrogen-bond donors (Lipinski definition) is 1. The number of aliphatic imine (C=N–C) groups is 1. The van der Waals surface area contributed by atoms with Crippen molar-refractivity contribution in [3.8, 4) is 0 Å². The molecule has 1 saturated carbocycles. The summed E-state index contributed by atoms with van der Waals surface area (Å²) in [5.74, 6) is 0.259. The molecule has 35 heavy (non-hydrogen) atoms. The van der Waals surface area contributed by atoms with Gasteiger partial charge in [-0.25, -0.2) is 0 Å². The number of hydrogen-bond acceptors (Lipinski definition) is 3. The van der Waals surface area contributed by atoms with Crippen LogP contribution in [0.2, 0.25) is 0 Å². The molecule has 0 heterocycles. The van der Waals surface area contributed by atoms with Crippen LogP contribution in [0.15, 0.2) is 76.8 Å². The molecule has 1 N–H and O–H groups in total. The van der Waals surface area contributed by atoms with E-state index in [4.69, 9.17) is 9.73 Å². The van der Waals surface area contributed by atoms with Crippen LogP contribution in [0.3, 0.4) is 0 Å². The molecule has 2 aromatic rings. The number of fused-ring (bicyclic) bond motifs is 3. The molecule has 0 unspecified atom stereocenters. The summed E-state index contributed by atoms with van der Waals surface area (Å²) in [5.41, 5.74) is 3.47. The Bertz CT molecular complexity index is 1180. The number of benzene rings is 2. The van der Waals surface area contributed by atoms with E-state index in [1.807, 2.05) is 60.7 Å². The molecular formula is C31H38N2O2. The molecule has 3 aliphatic rings. The van der Waals surface area contributed by atoms with Gasteiger partial charge in [-0.05, 0) is 72.6 Å². The second kappa shape index (κ2) is 8.36. The van der Waals surface area contributed by atoms with Gasteiger partial charge in [0.2, 0.25) is 0 Å². The third-order valence-electron chi connectivity index (χ3n) is 7.74. The molecule has 2 aromatic carbocycles. The molecule has 5 rings (SSSR count). The fourth-order valence-corrected chi connectivity index (χ4v) is 7.45. The molecular weight excluding hydrogens is 432 g/mol. The minimum absolute atomic E-state index is 0.00211. The van der Waals surface area contributed by atoms with Crippen LogP contribution in [0.5, 0.6) is 0 Å². The number of ketones is 1. The zero-order chi connectivity index (χ0) is 24.9. The Morgan fingerprint density at radius 3 is 2.14 bits per heavy atom. The van der Waals surface area contributed by atoms with E-state index in [1.165, 1.54) is 5.57 Å². The second-order valence-corrected chi connectivity index (χ2v) is 12.9. The van der Waals surface area contributed by atoms with E-state index in [9.17, 15) is 4.79 Å². The fourth-order valence-electron chi connectivity index (χ4n) is 7.45. The molecule has 0 spiro atoms. The third kappa shape index (κ3) is 4.94. The predicted molar refractivity (Wildman–Crippen MR) is 143 cm³/mol. The molecule has 2 atom stereocenters. The number of nitrogens with one attached hydrogen (secondary N) is 1. The summed E-state index contributed by atoms with van der Waals surface area (Å²) >= 11 is 0. The molecule has 4 heteroatoms. The summed E-state index contributed by atoms with van der Waals surface area (Å²) in [6, 6.07) is 20.3. The van der Waals surface area contributed by atoms with E-state index in [-0.39, 0.29) is 22.0 Å². The predicted octanol–water partition coefficient (Wildman–Crippen LogP) is 7.85. The highest BCUT2D eigenvalue weighted by molar-refractivity contribution is 6.01. The maximum atomic E-state index is 13.8. The quantitative estimate of drug-likeness (QED) is 0.367. The summed E-state index contributed by atoms with van der Waals surface area (Å²) in [6.07, 6.45) is 5.32. The molecule has 0 aromatic heterocycles. The Labute approximate surface area is 209 Å². The largest absolute Gasteiger partial charge is 0.453 e. The van der Waals surface area contributed by atoms with Crippen LogP contribution in [0, 0.1) is 16.2 Å². The number of ether oxygens (including phenoxy) is 1. The number of allylic oxidation sites excluding steroid dienone is 1. The van der Waals surface area contributed by atoms with Gasteiger partial charge in [-0.1, -0.05) is 76.6 Å². The Hall–Kier alpha value is -2.88. The van der Waals surface area contributed by atoms with Gasteiger partial charge < -0.3 is 10.1 Å². The van der Waals surface area contributed by atoms with Gasteiger partial charge >= 0.3 is 0 Å². The fraction of sp³-hybridized carbons (Fsp3) is 0.484. The Kier molecular flexibility index (Phi) is 5.69. The van der Waals surface area contributed by atoms with Gasteiger partial charge in [-0.3, -0.25) is 4.79 Å². The summed E-state index contributed by atoms with van der Waals surface area (Å²) in [7, 11) is 0. The van der Waals surface area contributed by atoms with E-state index in [2.05, 4.69) is 39.9 Å². The first-order chi connectivity index (χ1) is 16.5. The number of carbonyl (C=O) groups excluding carboxylic acids is 1. The van der Waals surface area contributed by atoms with E-state index >= 15 is 0 Å². The maximum Gasteiger partial charge on any atom is 0.295 e. The van der Waals surface area contributed by atoms with Gasteiger partial charge in [0.25, 0.3) is 6.02 Å². The first-order valence-electron chi connectivity index (χ1n) is 12.9. The van der Waals surface area contributed by atoms with Crippen molar-refractivity contribution in [3.05, 3.63) is 71.8 Å². The minimum Gasteiger partial charge on any atom is -0.453 e. The summed E-state index contributed by atoms with van der Waals surface area (Å²) in [6.45, 7) is 11.5. The van der Waals surface area contributed by atoms with Crippen molar-refractivity contribution in [1.82, 2.24) is 0 Å². The summed E-state index contributed by atoms with van der Waals surface area (Å²) in [4.78, 5) is 18.7. The number of amidine groups is 1. The van der Waals surface area contributed by atoms with Crippen LogP contribution < -0.4 is 5.32 Å². The Balaban J connectivity index is 1.63. The highest BCUT2D eigenvalue weighted by Gasteiger charge is 2.59. The molecule has 0 radical (unpaired) electrons. The van der Waals surface area contributed by atoms with Crippen molar-refractivity contribution < 1.29 is 9.53 Å². The third-order valence-corrected chi connectivity index (χ3v) is 7.74. The number of para-hydroxylation sites is 2. The lowest BCUT2D eigenvalue weighted by Gasteiger charge is -2.58. The van der Waals surface area contributed by atoms with Crippen molar-refractivity contribution in [2.75, 3.05) is 5.32 Å². The van der Waals surface area contributed by atoms with Crippen molar-refractivity contribution in [2.45, 2.75) is 78.7 Å². The highest BCUT2D eigenvalue weighted by atomic mass is 16.5. The lowest BCUT2D eigenvalue weighted by Crippen LogP contribution is -2.57. The van der Waals surface area contributed by atoms with Crippen molar-refractivity contribution in [2.24, 2.45) is 21.2 Å². The van der Waals surface area contributed by atoms with Crippen LogP contribution in [-0.2, 0) is 9.53 Å². The van der Waals surface area contributed by atoms with Crippen molar-refractivity contribution >= 4 is 23.2 Å². The first-order valence-corrected chi connectivity index (χ1v) is 12.9. The Morgan fingerprint density at radius 1 is 0.800 bits per heavy atom. The number of anilines is 1. The minimum atomic E-state index is -0.674. The van der Waals surface area contributed by atoms with Gasteiger partial charge in [0.1, 0.15) is 5.60 Å². The lowest BCUT2D eigenvalue weighted by atomic mass is 9.49. The van der Waals surface area contributed by atoms with E-state index in [0.29, 0.717) is 12.4 Å². The van der Waals surface area contributed by atoms with Crippen molar-refractivity contribution in [3.63, 3.8) is 0 Å². The topological polar surface area (TPSA) is 50.7 Å². The van der Waals surface area contributed by atoms with Gasteiger partial charge in [0, 0.05) is 17.7 Å². The zero-order valence-corrected chi connectivity index (χ0v) is 21.8. The SMILES string of the molecule is CC1(C)CC(=O)C2=C(C1)C[C@@]1(C)CC(C)(C)C[C@]2(OC(=Nc2ccccc2)Nc2ccccc2)C1. The standard InChI is InChI=1S/C31H38N2O2/c1-28(2)16-22-17-30(5)19-29(3,4)20-31(21-30,26(22)25(34)18-28)35-27(32-23-12-8-6-9-13-23)33-24-14-10-7-11-15-24/h6-15H,16-21H2,1-5H3,(H,32,33)/t30-,31-/m0/s1. The maximum absolute atomic E-state index is 13.8. The molecule has 0 saturated heterocycles. The summed E-state index contributed by atoms with van der Waals surface area (Å²) in [5, 5.41) is 3.43. The van der Waals surface area contributed by atoms with Crippen LogP contribution in [0.4, 0.5) is 11.4 Å². The first kappa shape index (κ1) is 23.8. The van der Waals surface area contributed by atoms with Crippen LogP contribution in [0.1, 0.15) is 73.1 Å². The molecule has 184 valence electrons. The van der Waals surface area contributed by atoms with Gasteiger partial charge in [0.05, 0.1) is 5.69 Å². The monoisotopic (exact) mass is 470 g/mol. The smallest absolute Gasteiger partial charge is 0.295 e. The van der Waals surface area contributed by atoms with Crippen LogP contribution in [0.25, 0.3) is 0 Å². The molecule has 0 aliphatic heterocycles. The molecule has 4 nitrogen and oxygen atoms in total. The lowest BCUT2D eigenvalue weighted by molar-refractivity contribution is -0.126. The number of carbonyl (C=O) groups is 1. The normalized spacial score (nSPS) is 29.4. The number of Topliss-reactive ketones (excluding diaryl/α,β-unsaturated/α-hetero) is 1. The van der Waals surface area contributed by atoms with E-state index in [0.717, 1.165) is 49.1 Å². The molecule has 2 bridgehead atoms. The summed E-state index contributed by atoms with van der Waals surface area (Å²) < 4.78 is 7.03. The number of rotatable bonds is 3. The zero-order valence-electron chi connectivity index (χ0n) is 21.8. The van der Waals surface area contributed by atoms with Crippen LogP contribution >= 0.6 is 0 Å². The molecule has 0 amide bonds. The molecule has 3 aliphatic carbocycles. The van der Waals surface area contributed by atoms with Gasteiger partial charge in [0.15, 0.2) is 5.78 Å². The van der Waals surface area contributed by atoms with Crippen molar-refractivity contribution in [1.29, 1.82) is 0 Å². The second-order valence-electron chi connectivity index (χ2n) is 12.9. The van der Waals surface area contributed by atoms with E-state index < -0.39 is 5.60 Å². The molecule has 1 fully saturated rings. The number of nitrogens with zero attached hydrogens (tertiary/aromatic N) is 1. The van der Waals surface area contributed by atoms with Crippen LogP contribution in [-0.4, -0.2) is 17.4 Å². The average Bonchev–Trinajstić information content (AvgIpc) is 2.71. The van der Waals surface area contributed by atoms with Gasteiger partial charge in [-0.2, -0.15) is 4.99 Å². The average molecular weight is 471 g/mol. The highest BCUT2D eigenvalue weighted by Crippen LogP contribution is 2.62.